The molecule has 1 aliphatic carbocycles. The Labute approximate surface area is 218 Å². The minimum atomic E-state index is -1.23. The first-order valence-corrected chi connectivity index (χ1v) is 16.0. The normalized spacial score (nSPS) is 16.9. The molecule has 2 unspecified atom stereocenters. The van der Waals surface area contributed by atoms with Crippen LogP contribution < -0.4 is 14.8 Å². The Bertz CT molecular complexity index is 1280. The second kappa shape index (κ2) is 10.9. The van der Waals surface area contributed by atoms with E-state index in [0.717, 1.165) is 22.6 Å². The number of anilines is 1. The minimum absolute atomic E-state index is 0.238. The first kappa shape index (κ1) is 26.7. The summed E-state index contributed by atoms with van der Waals surface area (Å²) >= 11 is 0. The van der Waals surface area contributed by atoms with E-state index in [9.17, 15) is 9.59 Å². The van der Waals surface area contributed by atoms with E-state index < -0.39 is 14.0 Å². The van der Waals surface area contributed by atoms with Crippen LogP contribution in [0.3, 0.4) is 0 Å². The lowest BCUT2D eigenvalue weighted by molar-refractivity contribution is -0.143. The van der Waals surface area contributed by atoms with Crippen LogP contribution in [-0.4, -0.2) is 57.4 Å². The van der Waals surface area contributed by atoms with Gasteiger partial charge in [0.05, 0.1) is 38.7 Å². The molecule has 1 saturated carbocycles. The summed E-state index contributed by atoms with van der Waals surface area (Å²) in [4.78, 5) is 29.2. The van der Waals surface area contributed by atoms with Crippen LogP contribution in [0.25, 0.3) is 22.2 Å². The summed E-state index contributed by atoms with van der Waals surface area (Å²) in [6.07, 6.45) is 2.46. The molecule has 1 N–H and O–H groups in total. The number of carbonyl (C=O) groups is 2. The Kier molecular flexibility index (Phi) is 7.89. The Hall–Kier alpha value is -3.37. The number of aromatic nitrogens is 2. The number of pyridine rings is 1. The van der Waals surface area contributed by atoms with E-state index >= 15 is 0 Å². The summed E-state index contributed by atoms with van der Waals surface area (Å²) in [5.41, 5.74) is 2.36. The second-order valence-corrected chi connectivity index (χ2v) is 16.0. The van der Waals surface area contributed by atoms with Gasteiger partial charge in [-0.05, 0) is 36.7 Å². The van der Waals surface area contributed by atoms with E-state index in [1.54, 1.807) is 20.3 Å². The molecule has 198 valence electrons. The van der Waals surface area contributed by atoms with E-state index in [-0.39, 0.29) is 17.8 Å². The highest BCUT2D eigenvalue weighted by atomic mass is 28.3. The van der Waals surface area contributed by atoms with Crippen LogP contribution in [0, 0.1) is 11.8 Å². The molecular formula is C27H35N3O6Si. The van der Waals surface area contributed by atoms with Crippen LogP contribution in [0.2, 0.25) is 25.7 Å². The van der Waals surface area contributed by atoms with Crippen molar-refractivity contribution in [3.05, 3.63) is 36.5 Å². The number of methoxy groups -OCH3 is 3. The molecule has 0 aliphatic heterocycles. The van der Waals surface area contributed by atoms with Crippen molar-refractivity contribution < 1.29 is 28.5 Å². The fraction of sp³-hybridized carbons (Fsp3) is 0.444. The lowest BCUT2D eigenvalue weighted by Crippen LogP contribution is -2.22. The lowest BCUT2D eigenvalue weighted by atomic mass is 10.0. The van der Waals surface area contributed by atoms with Gasteiger partial charge in [-0.15, -0.1) is 0 Å². The average molecular weight is 526 g/mol. The van der Waals surface area contributed by atoms with E-state index in [4.69, 9.17) is 23.9 Å². The zero-order valence-corrected chi connectivity index (χ0v) is 23.3. The van der Waals surface area contributed by atoms with Crippen molar-refractivity contribution in [3.63, 3.8) is 0 Å². The fourth-order valence-corrected chi connectivity index (χ4v) is 5.06. The molecule has 0 spiro atoms. The van der Waals surface area contributed by atoms with Gasteiger partial charge in [0.25, 0.3) is 0 Å². The van der Waals surface area contributed by atoms with Gasteiger partial charge in [-0.3, -0.25) is 9.59 Å². The first-order valence-electron chi connectivity index (χ1n) is 12.3. The van der Waals surface area contributed by atoms with Crippen molar-refractivity contribution in [3.8, 4) is 22.6 Å². The van der Waals surface area contributed by atoms with Crippen LogP contribution in [0.15, 0.2) is 36.5 Å². The van der Waals surface area contributed by atoms with Gasteiger partial charge in [0.1, 0.15) is 29.7 Å². The van der Waals surface area contributed by atoms with Crippen LogP contribution in [0.5, 0.6) is 11.5 Å². The van der Waals surface area contributed by atoms with Gasteiger partial charge in [0.2, 0.25) is 5.91 Å². The largest absolute Gasteiger partial charge is 0.496 e. The number of esters is 1. The van der Waals surface area contributed by atoms with Crippen LogP contribution in [0.1, 0.15) is 6.42 Å². The van der Waals surface area contributed by atoms with Crippen LogP contribution in [-0.2, 0) is 25.8 Å². The molecule has 2 aromatic heterocycles. The summed E-state index contributed by atoms with van der Waals surface area (Å²) in [6, 6.07) is 10.4. The second-order valence-electron chi connectivity index (χ2n) is 10.4. The summed E-state index contributed by atoms with van der Waals surface area (Å²) in [5.74, 6) is 0.391. The summed E-state index contributed by atoms with van der Waals surface area (Å²) in [6.45, 7) is 7.92. The van der Waals surface area contributed by atoms with Gasteiger partial charge in [-0.2, -0.15) is 0 Å². The number of amides is 1. The summed E-state index contributed by atoms with van der Waals surface area (Å²) in [7, 11) is 3.35. The fourth-order valence-electron chi connectivity index (χ4n) is 4.30. The molecule has 2 atom stereocenters. The van der Waals surface area contributed by atoms with Crippen molar-refractivity contribution >= 4 is 36.8 Å². The number of nitrogens with zero attached hydrogens (tertiary/aromatic N) is 2. The Morgan fingerprint density at radius 2 is 1.76 bits per heavy atom. The third kappa shape index (κ3) is 5.97. The molecule has 1 aromatic carbocycles. The molecule has 0 radical (unpaired) electrons. The molecule has 1 fully saturated rings. The van der Waals surface area contributed by atoms with Gasteiger partial charge in [-0.25, -0.2) is 4.98 Å². The van der Waals surface area contributed by atoms with Crippen molar-refractivity contribution in [2.45, 2.75) is 38.8 Å². The number of carbonyl (C=O) groups excluding carboxylic acids is 2. The summed E-state index contributed by atoms with van der Waals surface area (Å²) < 4.78 is 24.0. The van der Waals surface area contributed by atoms with E-state index in [2.05, 4.69) is 25.0 Å². The molecular weight excluding hydrogens is 490 g/mol. The number of nitrogens with one attached hydrogen (secondary N) is 1. The maximum absolute atomic E-state index is 12.7. The average Bonchev–Trinajstić information content (AvgIpc) is 3.61. The predicted octanol–water partition coefficient (Wildman–Crippen LogP) is 4.78. The van der Waals surface area contributed by atoms with Gasteiger partial charge in [0.15, 0.2) is 0 Å². The Morgan fingerprint density at radius 1 is 1.05 bits per heavy atom. The quantitative estimate of drug-likeness (QED) is 0.218. The van der Waals surface area contributed by atoms with Gasteiger partial charge in [0, 0.05) is 31.8 Å². The highest BCUT2D eigenvalue weighted by Crippen LogP contribution is 2.43. The highest BCUT2D eigenvalue weighted by Gasteiger charge is 2.49. The lowest BCUT2D eigenvalue weighted by Gasteiger charge is -2.15. The number of hydrogen-bond acceptors (Lipinski definition) is 7. The molecule has 37 heavy (non-hydrogen) atoms. The molecule has 4 rings (SSSR count). The summed E-state index contributed by atoms with van der Waals surface area (Å²) in [5, 5.41) is 3.73. The number of ether oxygens (including phenoxy) is 4. The molecule has 0 saturated heterocycles. The highest BCUT2D eigenvalue weighted by molar-refractivity contribution is 6.76. The minimum Gasteiger partial charge on any atom is -0.496 e. The molecule has 9 nitrogen and oxygen atoms in total. The van der Waals surface area contributed by atoms with Crippen LogP contribution in [0.4, 0.5) is 5.82 Å². The standard InChI is InChI=1S/C27H35N3O6Si/c1-33-21-8-7-9-22(34-2)24(21)20-15-30(16-36-12-13-37(4,5)6)25-17(20)10-11-23(28-25)29-26(31)18-14-19(18)27(32)35-3/h7-11,15,18-19H,12-14,16H2,1-6H3,(H,28,29,31). The van der Waals surface area contributed by atoms with Crippen LogP contribution >= 0.6 is 0 Å². The van der Waals surface area contributed by atoms with Crippen molar-refractivity contribution in [2.75, 3.05) is 33.3 Å². The molecule has 10 heteroatoms. The maximum atomic E-state index is 12.7. The Morgan fingerprint density at radius 3 is 2.38 bits per heavy atom. The molecule has 2 heterocycles. The smallest absolute Gasteiger partial charge is 0.309 e. The SMILES string of the molecule is COC(=O)C1CC1C(=O)Nc1ccc2c(-c3c(OC)cccc3OC)cn(COCC[Si](C)(C)C)c2n1. The van der Waals surface area contributed by atoms with Gasteiger partial charge >= 0.3 is 5.97 Å². The maximum Gasteiger partial charge on any atom is 0.309 e. The topological polar surface area (TPSA) is 101 Å². The molecule has 0 bridgehead atoms. The number of hydrogen-bond donors (Lipinski definition) is 1. The third-order valence-corrected chi connectivity index (χ3v) is 8.23. The Balaban J connectivity index is 1.68. The molecule has 1 aliphatic rings. The van der Waals surface area contributed by atoms with Crippen molar-refractivity contribution in [1.82, 2.24) is 9.55 Å². The van der Waals surface area contributed by atoms with Gasteiger partial charge in [-0.1, -0.05) is 25.7 Å². The zero-order valence-electron chi connectivity index (χ0n) is 22.3. The van der Waals surface area contributed by atoms with Gasteiger partial charge < -0.3 is 28.8 Å². The number of rotatable bonds is 11. The third-order valence-electron chi connectivity index (χ3n) is 6.53. The van der Waals surface area contributed by atoms with Crippen molar-refractivity contribution in [2.24, 2.45) is 11.8 Å². The first-order chi connectivity index (χ1) is 17.7. The van der Waals surface area contributed by atoms with E-state index in [0.29, 0.717) is 42.7 Å². The number of benzene rings is 1. The zero-order chi connectivity index (χ0) is 26.7. The monoisotopic (exact) mass is 525 g/mol. The van der Waals surface area contributed by atoms with E-state index in [1.807, 2.05) is 35.0 Å². The van der Waals surface area contributed by atoms with Crippen molar-refractivity contribution in [1.29, 1.82) is 0 Å². The van der Waals surface area contributed by atoms with E-state index in [1.165, 1.54) is 7.11 Å². The molecule has 1 amide bonds. The molecule has 3 aromatic rings. The number of fused-ring (bicyclic) bond motifs is 1. The predicted molar refractivity (Wildman–Crippen MR) is 145 cm³/mol.